The first kappa shape index (κ1) is 15.9. The van der Waals surface area contributed by atoms with Crippen LogP contribution in [-0.2, 0) is 17.9 Å². The van der Waals surface area contributed by atoms with E-state index in [0.717, 1.165) is 4.57 Å². The minimum atomic E-state index is -0.710. The molecule has 124 valence electrons. The van der Waals surface area contributed by atoms with E-state index in [4.69, 9.17) is 20.4 Å². The lowest BCUT2D eigenvalue weighted by atomic mass is 10.3. The van der Waals surface area contributed by atoms with E-state index >= 15 is 0 Å². The summed E-state index contributed by atoms with van der Waals surface area (Å²) in [6.07, 6.45) is 1.47. The number of imide groups is 1. The minimum absolute atomic E-state index is 0.138. The van der Waals surface area contributed by atoms with Crippen molar-refractivity contribution >= 4 is 34.6 Å². The maximum atomic E-state index is 11.9. The molecule has 0 saturated carbocycles. The molecular formula is C15H12ClN3O5. The summed E-state index contributed by atoms with van der Waals surface area (Å²) in [6.45, 7) is -0.221. The van der Waals surface area contributed by atoms with Gasteiger partial charge in [-0.15, -0.1) is 0 Å². The van der Waals surface area contributed by atoms with Crippen LogP contribution in [0.2, 0.25) is 5.02 Å². The van der Waals surface area contributed by atoms with Crippen LogP contribution in [0.15, 0.2) is 50.2 Å². The molecule has 0 aliphatic rings. The molecule has 2 aromatic heterocycles. The van der Waals surface area contributed by atoms with Crippen LogP contribution in [0.4, 0.5) is 4.79 Å². The number of carbonyl (C=O) groups is 2. The highest BCUT2D eigenvalue weighted by Gasteiger charge is 2.15. The summed E-state index contributed by atoms with van der Waals surface area (Å²) >= 11 is 5.82. The molecule has 24 heavy (non-hydrogen) atoms. The number of nitrogens with one attached hydrogen (secondary N) is 2. The fourth-order valence-electron chi connectivity index (χ4n) is 2.12. The molecule has 0 saturated heterocycles. The van der Waals surface area contributed by atoms with Crippen molar-refractivity contribution in [2.24, 2.45) is 0 Å². The smallest absolute Gasteiger partial charge is 0.420 e. The van der Waals surface area contributed by atoms with Crippen LogP contribution >= 0.6 is 11.6 Å². The van der Waals surface area contributed by atoms with Crippen LogP contribution in [0.25, 0.3) is 11.1 Å². The molecular weight excluding hydrogens is 338 g/mol. The summed E-state index contributed by atoms with van der Waals surface area (Å²) in [5.41, 5.74) is 0.679. The second-order valence-electron chi connectivity index (χ2n) is 4.88. The molecule has 1 aromatic carbocycles. The lowest BCUT2D eigenvalue weighted by molar-refractivity contribution is -0.120. The van der Waals surface area contributed by atoms with Crippen LogP contribution in [0, 0.1) is 0 Å². The van der Waals surface area contributed by atoms with Gasteiger partial charge in [-0.25, -0.2) is 9.59 Å². The summed E-state index contributed by atoms with van der Waals surface area (Å²) in [4.78, 5) is 35.4. The van der Waals surface area contributed by atoms with Crippen LogP contribution in [0.1, 0.15) is 5.76 Å². The highest BCUT2D eigenvalue weighted by atomic mass is 35.5. The molecule has 8 nitrogen and oxygen atoms in total. The number of urea groups is 1. The molecule has 0 spiro atoms. The van der Waals surface area contributed by atoms with Gasteiger partial charge in [0.15, 0.2) is 5.58 Å². The number of benzene rings is 1. The van der Waals surface area contributed by atoms with Gasteiger partial charge in [-0.3, -0.25) is 14.7 Å². The van der Waals surface area contributed by atoms with E-state index < -0.39 is 17.7 Å². The fraction of sp³-hybridized carbons (Fsp3) is 0.133. The standard InChI is InChI=1S/C15H12ClN3O5/c16-9-3-4-11-12(6-9)24-15(22)19(11)8-13(20)18-14(21)17-7-10-2-1-5-23-10/h1-6H,7-8H2,(H2,17,18,20,21). The Morgan fingerprint density at radius 3 is 2.83 bits per heavy atom. The Balaban J connectivity index is 1.63. The van der Waals surface area contributed by atoms with Gasteiger partial charge in [-0.2, -0.15) is 0 Å². The van der Waals surface area contributed by atoms with Gasteiger partial charge in [0.1, 0.15) is 12.3 Å². The molecule has 0 radical (unpaired) electrons. The molecule has 0 aliphatic carbocycles. The van der Waals surface area contributed by atoms with Gasteiger partial charge < -0.3 is 14.2 Å². The van der Waals surface area contributed by atoms with Gasteiger partial charge in [-0.1, -0.05) is 11.6 Å². The second kappa shape index (κ2) is 6.63. The van der Waals surface area contributed by atoms with Crippen molar-refractivity contribution in [3.63, 3.8) is 0 Å². The maximum Gasteiger partial charge on any atom is 0.420 e. The van der Waals surface area contributed by atoms with Crippen molar-refractivity contribution in [1.82, 2.24) is 15.2 Å². The SMILES string of the molecule is O=C(Cn1c(=O)oc2cc(Cl)ccc21)NC(=O)NCc1ccco1. The predicted molar refractivity (Wildman–Crippen MR) is 84.6 cm³/mol. The normalized spacial score (nSPS) is 10.7. The number of amides is 3. The Bertz CT molecular complexity index is 942. The van der Waals surface area contributed by atoms with Gasteiger partial charge in [0.05, 0.1) is 18.3 Å². The molecule has 3 rings (SSSR count). The Hall–Kier alpha value is -3.00. The van der Waals surface area contributed by atoms with E-state index in [1.165, 1.54) is 12.3 Å². The lowest BCUT2D eigenvalue weighted by Gasteiger charge is -2.06. The molecule has 3 amide bonds. The minimum Gasteiger partial charge on any atom is -0.467 e. The van der Waals surface area contributed by atoms with Crippen LogP contribution in [0.3, 0.4) is 0 Å². The average molecular weight is 350 g/mol. The number of oxazole rings is 1. The van der Waals surface area contributed by atoms with Gasteiger partial charge in [0.2, 0.25) is 5.91 Å². The summed E-state index contributed by atoms with van der Waals surface area (Å²) in [6, 6.07) is 7.28. The Labute approximate surface area is 140 Å². The first-order valence-electron chi connectivity index (χ1n) is 6.92. The number of rotatable bonds is 4. The largest absolute Gasteiger partial charge is 0.467 e. The average Bonchev–Trinajstić information content (AvgIpc) is 3.13. The highest BCUT2D eigenvalue weighted by molar-refractivity contribution is 6.31. The van der Waals surface area contributed by atoms with E-state index in [1.807, 2.05) is 0 Å². The second-order valence-corrected chi connectivity index (χ2v) is 5.31. The van der Waals surface area contributed by atoms with Gasteiger partial charge in [-0.05, 0) is 24.3 Å². The summed E-state index contributed by atoms with van der Waals surface area (Å²) in [5.74, 6) is -0.823. The van der Waals surface area contributed by atoms with Gasteiger partial charge in [0, 0.05) is 11.1 Å². The van der Waals surface area contributed by atoms with Gasteiger partial charge in [0.25, 0.3) is 0 Å². The predicted octanol–water partition coefficient (Wildman–Crippen LogP) is 1.87. The molecule has 9 heteroatoms. The third-order valence-electron chi connectivity index (χ3n) is 3.19. The van der Waals surface area contributed by atoms with Gasteiger partial charge >= 0.3 is 11.8 Å². The summed E-state index contributed by atoms with van der Waals surface area (Å²) in [5, 5.41) is 5.00. The molecule has 0 unspecified atom stereocenters. The first-order valence-corrected chi connectivity index (χ1v) is 7.29. The molecule has 2 heterocycles. The number of aromatic nitrogens is 1. The number of hydrogen-bond acceptors (Lipinski definition) is 5. The fourth-order valence-corrected chi connectivity index (χ4v) is 2.29. The van der Waals surface area contributed by atoms with E-state index in [2.05, 4.69) is 10.6 Å². The zero-order chi connectivity index (χ0) is 17.1. The van der Waals surface area contributed by atoms with Crippen molar-refractivity contribution in [1.29, 1.82) is 0 Å². The summed E-state index contributed by atoms with van der Waals surface area (Å²) in [7, 11) is 0. The van der Waals surface area contributed by atoms with Crippen LogP contribution in [-0.4, -0.2) is 16.5 Å². The van der Waals surface area contributed by atoms with E-state index in [1.54, 1.807) is 24.3 Å². The Morgan fingerprint density at radius 2 is 2.08 bits per heavy atom. The molecule has 0 atom stereocenters. The molecule has 2 N–H and O–H groups in total. The number of nitrogens with zero attached hydrogens (tertiary/aromatic N) is 1. The quantitative estimate of drug-likeness (QED) is 0.747. The first-order chi connectivity index (χ1) is 11.5. The lowest BCUT2D eigenvalue weighted by Crippen LogP contribution is -2.41. The molecule has 0 aliphatic heterocycles. The third kappa shape index (κ3) is 3.49. The number of furan rings is 1. The van der Waals surface area contributed by atoms with Crippen molar-refractivity contribution in [2.45, 2.75) is 13.1 Å². The van der Waals surface area contributed by atoms with Crippen LogP contribution in [0.5, 0.6) is 0 Å². The maximum absolute atomic E-state index is 11.9. The zero-order valence-corrected chi connectivity index (χ0v) is 13.0. The third-order valence-corrected chi connectivity index (χ3v) is 3.42. The van der Waals surface area contributed by atoms with Crippen molar-refractivity contribution < 1.29 is 18.4 Å². The number of fused-ring (bicyclic) bond motifs is 1. The van der Waals surface area contributed by atoms with E-state index in [9.17, 15) is 14.4 Å². The molecule has 0 fully saturated rings. The summed E-state index contributed by atoms with van der Waals surface area (Å²) < 4.78 is 11.2. The monoisotopic (exact) mass is 349 g/mol. The van der Waals surface area contributed by atoms with Crippen LogP contribution < -0.4 is 16.4 Å². The number of hydrogen-bond donors (Lipinski definition) is 2. The van der Waals surface area contributed by atoms with E-state index in [0.29, 0.717) is 16.3 Å². The Kier molecular flexibility index (Phi) is 4.39. The Morgan fingerprint density at radius 1 is 1.25 bits per heavy atom. The number of halogens is 1. The van der Waals surface area contributed by atoms with Crippen molar-refractivity contribution in [2.75, 3.05) is 0 Å². The van der Waals surface area contributed by atoms with Crippen molar-refractivity contribution in [3.8, 4) is 0 Å². The number of carbonyl (C=O) groups excluding carboxylic acids is 2. The zero-order valence-electron chi connectivity index (χ0n) is 12.2. The highest BCUT2D eigenvalue weighted by Crippen LogP contribution is 2.18. The van der Waals surface area contributed by atoms with E-state index in [-0.39, 0.29) is 18.7 Å². The molecule has 3 aromatic rings. The van der Waals surface area contributed by atoms with Crippen molar-refractivity contribution in [3.05, 3.63) is 57.9 Å². The topological polar surface area (TPSA) is 106 Å². The molecule has 0 bridgehead atoms.